The SMILES string of the molecule is COCCC(C)(O)CNc1ncc([N+](=O)[O-])s1. The zero-order chi connectivity index (χ0) is 12.9. The van der Waals surface area contributed by atoms with E-state index in [4.69, 9.17) is 4.74 Å². The van der Waals surface area contributed by atoms with Gasteiger partial charge >= 0.3 is 5.00 Å². The number of nitro groups is 1. The van der Waals surface area contributed by atoms with Crippen molar-refractivity contribution in [2.24, 2.45) is 0 Å². The number of nitrogens with one attached hydrogen (secondary N) is 1. The number of nitrogens with zero attached hydrogens (tertiary/aromatic N) is 2. The summed E-state index contributed by atoms with van der Waals surface area (Å²) in [6, 6.07) is 0. The highest BCUT2D eigenvalue weighted by Crippen LogP contribution is 2.25. The van der Waals surface area contributed by atoms with E-state index in [-0.39, 0.29) is 11.5 Å². The van der Waals surface area contributed by atoms with E-state index >= 15 is 0 Å². The van der Waals surface area contributed by atoms with Crippen LogP contribution in [0.15, 0.2) is 6.20 Å². The van der Waals surface area contributed by atoms with E-state index in [1.54, 1.807) is 14.0 Å². The number of thiazole rings is 1. The van der Waals surface area contributed by atoms with E-state index in [0.29, 0.717) is 18.2 Å². The van der Waals surface area contributed by atoms with Crippen LogP contribution in [-0.2, 0) is 4.74 Å². The van der Waals surface area contributed by atoms with Crippen molar-refractivity contribution in [3.8, 4) is 0 Å². The second-order valence-electron chi connectivity index (χ2n) is 3.85. The molecule has 0 saturated heterocycles. The molecule has 1 atom stereocenters. The van der Waals surface area contributed by atoms with Gasteiger partial charge in [-0.25, -0.2) is 4.98 Å². The Labute approximate surface area is 103 Å². The van der Waals surface area contributed by atoms with Gasteiger partial charge in [0.1, 0.15) is 6.20 Å². The summed E-state index contributed by atoms with van der Waals surface area (Å²) in [6.07, 6.45) is 1.67. The number of hydrogen-bond donors (Lipinski definition) is 2. The Bertz CT molecular complexity index is 380. The molecule has 1 aromatic heterocycles. The van der Waals surface area contributed by atoms with Gasteiger partial charge in [0.2, 0.25) is 0 Å². The highest BCUT2D eigenvalue weighted by atomic mass is 32.1. The monoisotopic (exact) mass is 261 g/mol. The Morgan fingerprint density at radius 3 is 3.00 bits per heavy atom. The lowest BCUT2D eigenvalue weighted by Crippen LogP contribution is -2.34. The molecule has 1 aromatic rings. The largest absolute Gasteiger partial charge is 0.388 e. The predicted octanol–water partition coefficient (Wildman–Crippen LogP) is 1.25. The first kappa shape index (κ1) is 13.8. The fourth-order valence-electron chi connectivity index (χ4n) is 1.11. The second-order valence-corrected chi connectivity index (χ2v) is 4.86. The van der Waals surface area contributed by atoms with Crippen LogP contribution in [0.3, 0.4) is 0 Å². The average molecular weight is 261 g/mol. The molecule has 0 fully saturated rings. The van der Waals surface area contributed by atoms with Crippen LogP contribution in [0, 0.1) is 10.1 Å². The molecule has 1 heterocycles. The number of anilines is 1. The fraction of sp³-hybridized carbons (Fsp3) is 0.667. The molecule has 2 N–H and O–H groups in total. The molecule has 0 bridgehead atoms. The molecule has 8 heteroatoms. The van der Waals surface area contributed by atoms with E-state index in [1.807, 2.05) is 0 Å². The summed E-state index contributed by atoms with van der Waals surface area (Å²) >= 11 is 0.942. The number of methoxy groups -OCH3 is 1. The third kappa shape index (κ3) is 4.63. The van der Waals surface area contributed by atoms with Gasteiger partial charge in [-0.05, 0) is 18.3 Å². The van der Waals surface area contributed by atoms with Gasteiger partial charge in [0, 0.05) is 26.7 Å². The summed E-state index contributed by atoms with van der Waals surface area (Å²) < 4.78 is 4.88. The minimum Gasteiger partial charge on any atom is -0.388 e. The van der Waals surface area contributed by atoms with Crippen molar-refractivity contribution in [1.82, 2.24) is 4.98 Å². The lowest BCUT2D eigenvalue weighted by atomic mass is 10.0. The molecule has 1 rings (SSSR count). The fourth-order valence-corrected chi connectivity index (χ4v) is 1.74. The Morgan fingerprint density at radius 1 is 1.76 bits per heavy atom. The van der Waals surface area contributed by atoms with Crippen LogP contribution >= 0.6 is 11.3 Å². The molecule has 0 saturated carbocycles. The summed E-state index contributed by atoms with van der Waals surface area (Å²) in [7, 11) is 1.56. The topological polar surface area (TPSA) is 97.5 Å². The Kier molecular flexibility index (Phi) is 4.79. The molecule has 0 aliphatic carbocycles. The molecule has 0 aromatic carbocycles. The highest BCUT2D eigenvalue weighted by Gasteiger charge is 2.21. The van der Waals surface area contributed by atoms with Gasteiger partial charge in [0.05, 0.1) is 10.5 Å². The first-order valence-corrected chi connectivity index (χ1v) is 5.82. The molecule has 7 nitrogen and oxygen atoms in total. The maximum atomic E-state index is 10.4. The molecule has 17 heavy (non-hydrogen) atoms. The van der Waals surface area contributed by atoms with Crippen molar-refractivity contribution in [2.45, 2.75) is 18.9 Å². The Hall–Kier alpha value is -1.25. The van der Waals surface area contributed by atoms with Crippen LogP contribution in [0.1, 0.15) is 13.3 Å². The van der Waals surface area contributed by atoms with Crippen LogP contribution in [-0.4, -0.2) is 40.9 Å². The zero-order valence-electron chi connectivity index (χ0n) is 9.67. The molecule has 0 radical (unpaired) electrons. The number of ether oxygens (including phenoxy) is 1. The van der Waals surface area contributed by atoms with Gasteiger partial charge in [-0.15, -0.1) is 0 Å². The first-order chi connectivity index (χ1) is 7.94. The minimum atomic E-state index is -0.934. The number of aromatic nitrogens is 1. The molecule has 0 amide bonds. The maximum absolute atomic E-state index is 10.4. The molecule has 0 spiro atoms. The molecule has 0 aliphatic heterocycles. The van der Waals surface area contributed by atoms with E-state index in [9.17, 15) is 15.2 Å². The molecule has 96 valence electrons. The van der Waals surface area contributed by atoms with Crippen molar-refractivity contribution < 1.29 is 14.8 Å². The summed E-state index contributed by atoms with van der Waals surface area (Å²) in [5.74, 6) is 0. The second kappa shape index (κ2) is 5.89. The van der Waals surface area contributed by atoms with Crippen molar-refractivity contribution in [3.05, 3.63) is 16.3 Å². The number of hydrogen-bond acceptors (Lipinski definition) is 7. The highest BCUT2D eigenvalue weighted by molar-refractivity contribution is 7.18. The number of aliphatic hydroxyl groups is 1. The minimum absolute atomic E-state index is 0.0240. The van der Waals surface area contributed by atoms with Gasteiger partial charge in [-0.1, -0.05) is 0 Å². The summed E-state index contributed by atoms with van der Waals surface area (Å²) in [4.78, 5) is 13.8. The summed E-state index contributed by atoms with van der Waals surface area (Å²) in [5.41, 5.74) is -0.934. The summed E-state index contributed by atoms with van der Waals surface area (Å²) in [6.45, 7) is 2.38. The third-order valence-electron chi connectivity index (χ3n) is 2.14. The van der Waals surface area contributed by atoms with Crippen molar-refractivity contribution in [3.63, 3.8) is 0 Å². The van der Waals surface area contributed by atoms with E-state index in [2.05, 4.69) is 10.3 Å². The Balaban J connectivity index is 2.46. The van der Waals surface area contributed by atoms with Crippen LogP contribution in [0.4, 0.5) is 10.1 Å². The van der Waals surface area contributed by atoms with Crippen molar-refractivity contribution in [1.29, 1.82) is 0 Å². The Morgan fingerprint density at radius 2 is 2.47 bits per heavy atom. The smallest absolute Gasteiger partial charge is 0.345 e. The molecular formula is C9H15N3O4S. The molecule has 0 aliphatic rings. The maximum Gasteiger partial charge on any atom is 0.345 e. The van der Waals surface area contributed by atoms with Crippen LogP contribution in [0.5, 0.6) is 0 Å². The van der Waals surface area contributed by atoms with Gasteiger partial charge in [-0.3, -0.25) is 10.1 Å². The van der Waals surface area contributed by atoms with Crippen LogP contribution < -0.4 is 5.32 Å². The van der Waals surface area contributed by atoms with E-state index in [0.717, 1.165) is 11.3 Å². The van der Waals surface area contributed by atoms with Gasteiger partial charge in [-0.2, -0.15) is 0 Å². The zero-order valence-corrected chi connectivity index (χ0v) is 10.5. The lowest BCUT2D eigenvalue weighted by molar-refractivity contribution is -0.380. The number of rotatable bonds is 7. The molecule has 1 unspecified atom stereocenters. The van der Waals surface area contributed by atoms with Crippen molar-refractivity contribution >= 4 is 21.5 Å². The van der Waals surface area contributed by atoms with Crippen LogP contribution in [0.25, 0.3) is 0 Å². The van der Waals surface area contributed by atoms with Gasteiger partial charge in [0.25, 0.3) is 0 Å². The normalized spacial score (nSPS) is 14.3. The quantitative estimate of drug-likeness (QED) is 0.566. The van der Waals surface area contributed by atoms with Gasteiger partial charge in [0.15, 0.2) is 5.13 Å². The third-order valence-corrected chi connectivity index (χ3v) is 3.05. The lowest BCUT2D eigenvalue weighted by Gasteiger charge is -2.22. The van der Waals surface area contributed by atoms with E-state index in [1.165, 1.54) is 6.20 Å². The van der Waals surface area contributed by atoms with Crippen LogP contribution in [0.2, 0.25) is 0 Å². The summed E-state index contributed by atoms with van der Waals surface area (Å²) in [5, 5.41) is 23.6. The van der Waals surface area contributed by atoms with Crippen molar-refractivity contribution in [2.75, 3.05) is 25.6 Å². The standard InChI is InChI=1S/C9H15N3O4S/c1-9(13,3-4-16-2)6-11-8-10-5-7(17-8)12(14)15/h5,13H,3-4,6H2,1-2H3,(H,10,11). The average Bonchev–Trinajstić information content (AvgIpc) is 2.73. The van der Waals surface area contributed by atoms with Gasteiger partial charge < -0.3 is 15.2 Å². The molecular weight excluding hydrogens is 246 g/mol. The first-order valence-electron chi connectivity index (χ1n) is 5.00. The predicted molar refractivity (Wildman–Crippen MR) is 64.4 cm³/mol. The van der Waals surface area contributed by atoms with E-state index < -0.39 is 10.5 Å².